The molecule has 0 fully saturated rings. The first-order valence-electron chi connectivity index (χ1n) is 12.4. The van der Waals surface area contributed by atoms with Gasteiger partial charge in [0, 0.05) is 30.8 Å². The molecular weight excluding hydrogens is 487 g/mol. The van der Waals surface area contributed by atoms with Crippen LogP contribution in [0.3, 0.4) is 0 Å². The van der Waals surface area contributed by atoms with E-state index < -0.39 is 11.9 Å². The number of methoxy groups -OCH3 is 1. The quantitative estimate of drug-likeness (QED) is 0.323. The molecule has 0 aliphatic heterocycles. The highest BCUT2D eigenvalue weighted by atomic mass is 32.2. The number of benzene rings is 3. The third-order valence-electron chi connectivity index (χ3n) is 5.91. The SMILES string of the molecule is COc1ccc(CSCC(=O)N(Cc2ccccc2F)[C@@H](Cc2ccccc2)C(=O)NCC(C)C)cc1. The average Bonchev–Trinajstić information content (AvgIpc) is 2.91. The first-order chi connectivity index (χ1) is 17.9. The Kier molecular flexibility index (Phi) is 11.0. The van der Waals surface area contributed by atoms with Crippen LogP contribution in [0.1, 0.15) is 30.5 Å². The molecule has 7 heteroatoms. The summed E-state index contributed by atoms with van der Waals surface area (Å²) in [5, 5.41) is 2.99. The fraction of sp³-hybridized carbons (Fsp3) is 0.333. The van der Waals surface area contributed by atoms with E-state index in [1.165, 1.54) is 22.7 Å². The zero-order chi connectivity index (χ0) is 26.6. The monoisotopic (exact) mass is 522 g/mol. The summed E-state index contributed by atoms with van der Waals surface area (Å²) < 4.78 is 19.8. The van der Waals surface area contributed by atoms with E-state index in [1.807, 2.05) is 68.4 Å². The van der Waals surface area contributed by atoms with Crippen LogP contribution >= 0.6 is 11.8 Å². The minimum atomic E-state index is -0.769. The van der Waals surface area contributed by atoms with Crippen molar-refractivity contribution in [2.75, 3.05) is 19.4 Å². The number of nitrogens with zero attached hydrogens (tertiary/aromatic N) is 1. The van der Waals surface area contributed by atoms with E-state index in [0.717, 1.165) is 16.9 Å². The highest BCUT2D eigenvalue weighted by Gasteiger charge is 2.30. The Hall–Kier alpha value is -3.32. The number of carbonyl (C=O) groups excluding carboxylic acids is 2. The van der Waals surface area contributed by atoms with Crippen LogP contribution < -0.4 is 10.1 Å². The molecule has 0 aliphatic carbocycles. The summed E-state index contributed by atoms with van der Waals surface area (Å²) in [7, 11) is 1.62. The molecule has 3 aromatic rings. The molecule has 0 saturated heterocycles. The third kappa shape index (κ3) is 8.93. The lowest BCUT2D eigenvalue weighted by Gasteiger charge is -2.32. The molecule has 3 rings (SSSR count). The number of rotatable bonds is 13. The first kappa shape index (κ1) is 28.3. The van der Waals surface area contributed by atoms with Crippen molar-refractivity contribution in [2.45, 2.75) is 38.6 Å². The Morgan fingerprint density at radius 1 is 0.946 bits per heavy atom. The number of carbonyl (C=O) groups is 2. The number of amides is 2. The summed E-state index contributed by atoms with van der Waals surface area (Å²) in [6, 6.07) is 22.9. The van der Waals surface area contributed by atoms with E-state index in [2.05, 4.69) is 5.32 Å². The summed E-state index contributed by atoms with van der Waals surface area (Å²) in [5.74, 6) is 1.00. The molecule has 0 saturated carbocycles. The maximum Gasteiger partial charge on any atom is 0.243 e. The van der Waals surface area contributed by atoms with Crippen LogP contribution in [-0.4, -0.2) is 42.2 Å². The van der Waals surface area contributed by atoms with Gasteiger partial charge in [-0.15, -0.1) is 11.8 Å². The van der Waals surface area contributed by atoms with Crippen LogP contribution in [0.4, 0.5) is 4.39 Å². The Morgan fingerprint density at radius 2 is 1.62 bits per heavy atom. The molecular formula is C30H35FN2O3S. The predicted octanol–water partition coefficient (Wildman–Crippen LogP) is 5.48. The lowest BCUT2D eigenvalue weighted by Crippen LogP contribution is -2.51. The van der Waals surface area contributed by atoms with Gasteiger partial charge in [0.25, 0.3) is 0 Å². The fourth-order valence-corrected chi connectivity index (χ4v) is 4.72. The van der Waals surface area contributed by atoms with E-state index in [4.69, 9.17) is 4.74 Å². The summed E-state index contributed by atoms with van der Waals surface area (Å²) >= 11 is 1.47. The second kappa shape index (κ2) is 14.4. The lowest BCUT2D eigenvalue weighted by molar-refractivity contribution is -0.139. The zero-order valence-corrected chi connectivity index (χ0v) is 22.5. The van der Waals surface area contributed by atoms with Gasteiger partial charge in [-0.05, 0) is 35.2 Å². The lowest BCUT2D eigenvalue weighted by atomic mass is 10.0. The van der Waals surface area contributed by atoms with Crippen molar-refractivity contribution < 1.29 is 18.7 Å². The molecule has 1 N–H and O–H groups in total. The van der Waals surface area contributed by atoms with E-state index >= 15 is 0 Å². The number of halogens is 1. The third-order valence-corrected chi connectivity index (χ3v) is 6.90. The molecule has 1 atom stereocenters. The molecule has 3 aromatic carbocycles. The Balaban J connectivity index is 1.83. The van der Waals surface area contributed by atoms with E-state index in [9.17, 15) is 14.0 Å². The minimum Gasteiger partial charge on any atom is -0.497 e. The van der Waals surface area contributed by atoms with Crippen LogP contribution in [0.2, 0.25) is 0 Å². The van der Waals surface area contributed by atoms with Gasteiger partial charge in [0.2, 0.25) is 11.8 Å². The highest BCUT2D eigenvalue weighted by molar-refractivity contribution is 7.99. The van der Waals surface area contributed by atoms with Crippen molar-refractivity contribution in [2.24, 2.45) is 5.92 Å². The van der Waals surface area contributed by atoms with E-state index in [0.29, 0.717) is 24.3 Å². The predicted molar refractivity (Wildman–Crippen MR) is 148 cm³/mol. The largest absolute Gasteiger partial charge is 0.497 e. The van der Waals surface area contributed by atoms with Gasteiger partial charge in [0.05, 0.1) is 12.9 Å². The smallest absolute Gasteiger partial charge is 0.243 e. The number of hydrogen-bond acceptors (Lipinski definition) is 4. The van der Waals surface area contributed by atoms with Crippen LogP contribution in [0, 0.1) is 11.7 Å². The molecule has 0 spiro atoms. The second-order valence-corrected chi connectivity index (χ2v) is 10.3. The highest BCUT2D eigenvalue weighted by Crippen LogP contribution is 2.21. The zero-order valence-electron chi connectivity index (χ0n) is 21.7. The standard InChI is InChI=1S/C30H35FN2O3S/c1-22(2)18-32-30(35)28(17-23-9-5-4-6-10-23)33(19-25-11-7-8-12-27(25)31)29(34)21-37-20-24-13-15-26(36-3)16-14-24/h4-16,22,28H,17-21H2,1-3H3,(H,32,35)/t28-/m0/s1. The average molecular weight is 523 g/mol. The van der Waals surface area contributed by atoms with Gasteiger partial charge in [-0.3, -0.25) is 9.59 Å². The summed E-state index contributed by atoms with van der Waals surface area (Å²) in [5.41, 5.74) is 2.38. The molecule has 37 heavy (non-hydrogen) atoms. The Morgan fingerprint density at radius 3 is 2.27 bits per heavy atom. The fourth-order valence-electron chi connectivity index (χ4n) is 3.85. The number of hydrogen-bond donors (Lipinski definition) is 1. The molecule has 2 amide bonds. The molecule has 0 bridgehead atoms. The summed E-state index contributed by atoms with van der Waals surface area (Å²) in [4.78, 5) is 28.5. The Bertz CT molecular complexity index is 1140. The molecule has 196 valence electrons. The molecule has 0 radical (unpaired) electrons. The van der Waals surface area contributed by atoms with Crippen molar-refractivity contribution in [3.8, 4) is 5.75 Å². The van der Waals surface area contributed by atoms with Crippen molar-refractivity contribution in [1.82, 2.24) is 10.2 Å². The molecule has 0 aromatic heterocycles. The molecule has 0 unspecified atom stereocenters. The van der Waals surface area contributed by atoms with E-state index in [1.54, 1.807) is 25.3 Å². The van der Waals surface area contributed by atoms with Crippen molar-refractivity contribution in [3.05, 3.63) is 101 Å². The summed E-state index contributed by atoms with van der Waals surface area (Å²) in [6.45, 7) is 4.55. The van der Waals surface area contributed by atoms with Crippen molar-refractivity contribution in [1.29, 1.82) is 0 Å². The van der Waals surface area contributed by atoms with Crippen molar-refractivity contribution >= 4 is 23.6 Å². The number of ether oxygens (including phenoxy) is 1. The first-order valence-corrected chi connectivity index (χ1v) is 13.6. The summed E-state index contributed by atoms with van der Waals surface area (Å²) in [6.07, 6.45) is 0.341. The van der Waals surface area contributed by atoms with Crippen LogP contribution in [0.15, 0.2) is 78.9 Å². The maximum absolute atomic E-state index is 14.6. The number of nitrogens with one attached hydrogen (secondary N) is 1. The maximum atomic E-state index is 14.6. The van der Waals surface area contributed by atoms with Gasteiger partial charge in [0.15, 0.2) is 0 Å². The normalized spacial score (nSPS) is 11.7. The second-order valence-electron chi connectivity index (χ2n) is 9.30. The molecule has 0 aliphatic rings. The van der Waals surface area contributed by atoms with Gasteiger partial charge < -0.3 is 15.0 Å². The van der Waals surface area contributed by atoms with Gasteiger partial charge in [0.1, 0.15) is 17.6 Å². The van der Waals surface area contributed by atoms with Crippen molar-refractivity contribution in [3.63, 3.8) is 0 Å². The van der Waals surface area contributed by atoms with Crippen LogP contribution in [0.25, 0.3) is 0 Å². The minimum absolute atomic E-state index is 0.0151. The topological polar surface area (TPSA) is 58.6 Å². The van der Waals surface area contributed by atoms with Crippen LogP contribution in [0.5, 0.6) is 5.75 Å². The van der Waals surface area contributed by atoms with Gasteiger partial charge in [-0.1, -0.05) is 74.5 Å². The molecule has 0 heterocycles. The van der Waals surface area contributed by atoms with E-state index in [-0.39, 0.29) is 30.0 Å². The van der Waals surface area contributed by atoms with Gasteiger partial charge >= 0.3 is 0 Å². The van der Waals surface area contributed by atoms with Crippen LogP contribution in [-0.2, 0) is 28.3 Å². The van der Waals surface area contributed by atoms with Gasteiger partial charge in [-0.2, -0.15) is 0 Å². The number of thioether (sulfide) groups is 1. The molecule has 5 nitrogen and oxygen atoms in total. The van der Waals surface area contributed by atoms with Gasteiger partial charge in [-0.25, -0.2) is 4.39 Å². The Labute approximate surface area is 223 Å².